The summed E-state index contributed by atoms with van der Waals surface area (Å²) >= 11 is 0. The Bertz CT molecular complexity index is 336. The third kappa shape index (κ3) is 4.35. The van der Waals surface area contributed by atoms with Gasteiger partial charge in [0.25, 0.3) is 0 Å². The Morgan fingerprint density at radius 1 is 1.17 bits per heavy atom. The topological polar surface area (TPSA) is 12.5 Å². The van der Waals surface area contributed by atoms with Crippen LogP contribution in [0, 0.1) is 0 Å². The van der Waals surface area contributed by atoms with E-state index in [0.717, 1.165) is 32.0 Å². The van der Waals surface area contributed by atoms with Crippen molar-refractivity contribution in [1.82, 2.24) is 4.90 Å². The van der Waals surface area contributed by atoms with E-state index >= 15 is 0 Å². The molecule has 1 atom stereocenters. The molecule has 0 saturated carbocycles. The molecule has 1 fully saturated rings. The van der Waals surface area contributed by atoms with Crippen LogP contribution in [0.2, 0.25) is 0 Å². The first-order valence-electron chi connectivity index (χ1n) is 6.84. The molecule has 1 aliphatic heterocycles. The highest BCUT2D eigenvalue weighted by atomic mass is 31.1. The Labute approximate surface area is 112 Å². The Balaban J connectivity index is 1.91. The van der Waals surface area contributed by atoms with Gasteiger partial charge in [-0.25, -0.2) is 0 Å². The van der Waals surface area contributed by atoms with Crippen LogP contribution in [0.25, 0.3) is 0 Å². The summed E-state index contributed by atoms with van der Waals surface area (Å²) in [6.07, 6.45) is 2.52. The average molecular weight is 265 g/mol. The molecular weight excluding hydrogens is 241 g/mol. The van der Waals surface area contributed by atoms with Crippen molar-refractivity contribution in [3.63, 3.8) is 0 Å². The van der Waals surface area contributed by atoms with Crippen molar-refractivity contribution in [3.8, 4) is 0 Å². The number of hydrogen-bond donors (Lipinski definition) is 0. The summed E-state index contributed by atoms with van der Waals surface area (Å²) in [6, 6.07) is 10.9. The third-order valence-corrected chi connectivity index (χ3v) is 6.44. The van der Waals surface area contributed by atoms with E-state index in [2.05, 4.69) is 49.1 Å². The number of hydrogen-bond acceptors (Lipinski definition) is 2. The lowest BCUT2D eigenvalue weighted by Gasteiger charge is -2.32. The molecular formula is C15H24NOP. The molecule has 3 heteroatoms. The molecule has 0 radical (unpaired) electrons. The highest BCUT2D eigenvalue weighted by Crippen LogP contribution is 2.45. The zero-order valence-electron chi connectivity index (χ0n) is 11.5. The van der Waals surface area contributed by atoms with Gasteiger partial charge in [0.05, 0.1) is 13.2 Å². The molecule has 0 N–H and O–H groups in total. The van der Waals surface area contributed by atoms with Crippen LogP contribution in [0.5, 0.6) is 0 Å². The second-order valence-corrected chi connectivity index (χ2v) is 8.01. The summed E-state index contributed by atoms with van der Waals surface area (Å²) in [5, 5.41) is 0. The molecule has 2 rings (SSSR count). The standard InChI is InChI=1S/C15H24NOP/c1-14(2)18(12-15-6-4-3-5-7-15)13-16-8-10-17-11-9-16/h3-7,14H,8-13H2,1-2H3. The third-order valence-electron chi connectivity index (χ3n) is 3.44. The largest absolute Gasteiger partial charge is 0.379 e. The molecule has 0 spiro atoms. The zero-order valence-corrected chi connectivity index (χ0v) is 12.4. The van der Waals surface area contributed by atoms with Crippen molar-refractivity contribution in [3.05, 3.63) is 35.9 Å². The van der Waals surface area contributed by atoms with Gasteiger partial charge >= 0.3 is 0 Å². The van der Waals surface area contributed by atoms with Crippen LogP contribution in [0.15, 0.2) is 30.3 Å². The van der Waals surface area contributed by atoms with E-state index in [1.165, 1.54) is 18.0 Å². The highest BCUT2D eigenvalue weighted by Gasteiger charge is 2.19. The van der Waals surface area contributed by atoms with Crippen LogP contribution in [0.1, 0.15) is 19.4 Å². The molecule has 1 saturated heterocycles. The summed E-state index contributed by atoms with van der Waals surface area (Å²) in [4.78, 5) is 2.58. The predicted molar refractivity (Wildman–Crippen MR) is 79.5 cm³/mol. The highest BCUT2D eigenvalue weighted by molar-refractivity contribution is 7.57. The Morgan fingerprint density at radius 3 is 2.44 bits per heavy atom. The van der Waals surface area contributed by atoms with Crippen LogP contribution in [0.4, 0.5) is 0 Å². The number of nitrogens with zero attached hydrogens (tertiary/aromatic N) is 1. The van der Waals surface area contributed by atoms with Crippen LogP contribution in [0.3, 0.4) is 0 Å². The second kappa shape index (κ2) is 7.23. The molecule has 1 aromatic rings. The monoisotopic (exact) mass is 265 g/mol. The van der Waals surface area contributed by atoms with E-state index in [9.17, 15) is 0 Å². The van der Waals surface area contributed by atoms with Gasteiger partial charge in [0, 0.05) is 19.4 Å². The van der Waals surface area contributed by atoms with Crippen LogP contribution in [-0.2, 0) is 10.9 Å². The Hall–Kier alpha value is -0.430. The number of benzene rings is 1. The summed E-state index contributed by atoms with van der Waals surface area (Å²) in [6.45, 7) is 8.78. The smallest absolute Gasteiger partial charge is 0.0594 e. The quantitative estimate of drug-likeness (QED) is 0.757. The van der Waals surface area contributed by atoms with Gasteiger partial charge in [-0.3, -0.25) is 4.90 Å². The van der Waals surface area contributed by atoms with Gasteiger partial charge in [0.1, 0.15) is 0 Å². The summed E-state index contributed by atoms with van der Waals surface area (Å²) in [7, 11) is 0.0516. The first-order chi connectivity index (χ1) is 8.75. The van der Waals surface area contributed by atoms with E-state index in [-0.39, 0.29) is 7.92 Å². The van der Waals surface area contributed by atoms with Crippen LogP contribution < -0.4 is 0 Å². The Kier molecular flexibility index (Phi) is 5.62. The lowest BCUT2D eigenvalue weighted by Crippen LogP contribution is -2.37. The molecule has 2 nitrogen and oxygen atoms in total. The van der Waals surface area contributed by atoms with E-state index in [0.29, 0.717) is 0 Å². The van der Waals surface area contributed by atoms with Crippen molar-refractivity contribution in [2.45, 2.75) is 25.7 Å². The maximum Gasteiger partial charge on any atom is 0.0594 e. The molecule has 1 aliphatic rings. The fourth-order valence-corrected chi connectivity index (χ4v) is 4.48. The van der Waals surface area contributed by atoms with Gasteiger partial charge in [-0.05, 0) is 17.4 Å². The maximum absolute atomic E-state index is 5.43. The Morgan fingerprint density at radius 2 is 1.83 bits per heavy atom. The summed E-state index contributed by atoms with van der Waals surface area (Å²) in [5.74, 6) is 0. The molecule has 100 valence electrons. The minimum atomic E-state index is 0.0516. The summed E-state index contributed by atoms with van der Waals surface area (Å²) < 4.78 is 5.43. The summed E-state index contributed by atoms with van der Waals surface area (Å²) in [5.41, 5.74) is 2.29. The normalized spacial score (nSPS) is 19.1. The maximum atomic E-state index is 5.43. The molecule has 1 aromatic carbocycles. The lowest BCUT2D eigenvalue weighted by molar-refractivity contribution is 0.0467. The molecule has 0 amide bonds. The molecule has 1 unspecified atom stereocenters. The average Bonchev–Trinajstić information content (AvgIpc) is 2.40. The zero-order chi connectivity index (χ0) is 12.8. The first kappa shape index (κ1) is 14.0. The number of morpholine rings is 1. The van der Waals surface area contributed by atoms with E-state index < -0.39 is 0 Å². The van der Waals surface area contributed by atoms with Crippen LogP contribution in [-0.4, -0.2) is 43.1 Å². The van der Waals surface area contributed by atoms with Crippen molar-refractivity contribution in [2.24, 2.45) is 0 Å². The minimum absolute atomic E-state index is 0.0516. The molecule has 0 bridgehead atoms. The van der Waals surface area contributed by atoms with Gasteiger partial charge in [-0.2, -0.15) is 0 Å². The lowest BCUT2D eigenvalue weighted by atomic mass is 10.2. The van der Waals surface area contributed by atoms with Gasteiger partial charge in [0.15, 0.2) is 0 Å². The van der Waals surface area contributed by atoms with Crippen molar-refractivity contribution >= 4 is 7.92 Å². The molecule has 0 aromatic heterocycles. The molecule has 18 heavy (non-hydrogen) atoms. The van der Waals surface area contributed by atoms with Gasteiger partial charge in [-0.1, -0.05) is 52.1 Å². The first-order valence-corrected chi connectivity index (χ1v) is 8.62. The van der Waals surface area contributed by atoms with Crippen molar-refractivity contribution in [1.29, 1.82) is 0 Å². The number of ether oxygens (including phenoxy) is 1. The predicted octanol–water partition coefficient (Wildman–Crippen LogP) is 3.37. The van der Waals surface area contributed by atoms with E-state index in [1.807, 2.05) is 0 Å². The van der Waals surface area contributed by atoms with Crippen molar-refractivity contribution < 1.29 is 4.74 Å². The molecule has 1 heterocycles. The van der Waals surface area contributed by atoms with Crippen LogP contribution >= 0.6 is 7.92 Å². The number of rotatable bonds is 5. The second-order valence-electron chi connectivity index (χ2n) is 5.20. The van der Waals surface area contributed by atoms with E-state index in [4.69, 9.17) is 4.74 Å². The minimum Gasteiger partial charge on any atom is -0.379 e. The van der Waals surface area contributed by atoms with Crippen molar-refractivity contribution in [2.75, 3.05) is 32.6 Å². The van der Waals surface area contributed by atoms with Gasteiger partial charge in [-0.15, -0.1) is 0 Å². The van der Waals surface area contributed by atoms with Gasteiger partial charge in [0.2, 0.25) is 0 Å². The fourth-order valence-electron chi connectivity index (χ4n) is 2.21. The molecule has 0 aliphatic carbocycles. The van der Waals surface area contributed by atoms with E-state index in [1.54, 1.807) is 0 Å². The fraction of sp³-hybridized carbons (Fsp3) is 0.600. The van der Waals surface area contributed by atoms with Gasteiger partial charge < -0.3 is 4.74 Å². The SMILES string of the molecule is CC(C)P(Cc1ccccc1)CN1CCOCC1.